The second-order valence-corrected chi connectivity index (χ2v) is 21.3. The topological polar surface area (TPSA) is 85.4 Å². The summed E-state index contributed by atoms with van der Waals surface area (Å²) >= 11 is 0. The lowest BCUT2D eigenvalue weighted by Gasteiger charge is -2.32. The van der Waals surface area contributed by atoms with Crippen molar-refractivity contribution in [1.82, 2.24) is 9.80 Å². The molecule has 0 fully saturated rings. The molecule has 2 unspecified atom stereocenters. The molecule has 8 nitrogen and oxygen atoms in total. The molecule has 0 aliphatic heterocycles. The molecular weight excluding hydrogens is 845 g/mol. The Kier molecular flexibility index (Phi) is 50.4. The van der Waals surface area contributed by atoms with Crippen molar-refractivity contribution in [2.75, 3.05) is 53.6 Å². The first-order valence-electron chi connectivity index (χ1n) is 30.1. The number of ether oxygens (including phenoxy) is 3. The van der Waals surface area contributed by atoms with E-state index in [4.69, 9.17) is 14.2 Å². The quantitative estimate of drug-likeness (QED) is 0.0339. The molecule has 0 amide bonds. The lowest BCUT2D eigenvalue weighted by molar-refractivity contribution is -0.146. The zero-order chi connectivity index (χ0) is 50.0. The third-order valence-corrected chi connectivity index (χ3v) is 14.3. The Bertz CT molecular complexity index is 1030. The highest BCUT2D eigenvalue weighted by Crippen LogP contribution is 2.23. The van der Waals surface area contributed by atoms with Crippen LogP contribution in [0.5, 0.6) is 0 Å². The van der Waals surface area contributed by atoms with Gasteiger partial charge in [-0.15, -0.1) is 0 Å². The van der Waals surface area contributed by atoms with E-state index in [2.05, 4.69) is 58.5 Å². The van der Waals surface area contributed by atoms with E-state index in [1.54, 1.807) is 0 Å². The van der Waals surface area contributed by atoms with Crippen LogP contribution in [0, 0.1) is 11.8 Å². The standard InChI is InChI=1S/C60H118N2O6/c1-8-13-18-21-30-39-52-66-60(65)48-51-62(50-38-37-49-61(6)7)57(44-33-26-22-24-28-35-46-58(63)67-53-55(40-16-11-4)42-31-19-14-9-2)45-34-27-23-25-29-36-47-59(64)68-54-56(41-17-12-5)43-32-20-15-10-3/h55-57H,8-54H2,1-7H3. The summed E-state index contributed by atoms with van der Waals surface area (Å²) in [5, 5.41) is 0. The maximum atomic E-state index is 13.0. The molecular formula is C60H118N2O6. The Labute approximate surface area is 424 Å². The van der Waals surface area contributed by atoms with Crippen molar-refractivity contribution in [2.45, 2.75) is 304 Å². The van der Waals surface area contributed by atoms with E-state index in [1.807, 2.05) is 0 Å². The molecule has 2 atom stereocenters. The van der Waals surface area contributed by atoms with Gasteiger partial charge in [0.15, 0.2) is 0 Å². The number of carbonyl (C=O) groups excluding carboxylic acids is 3. The summed E-state index contributed by atoms with van der Waals surface area (Å²) < 4.78 is 17.3. The molecule has 0 bridgehead atoms. The minimum absolute atomic E-state index is 0.00516. The molecule has 0 rings (SSSR count). The molecule has 0 radical (unpaired) electrons. The van der Waals surface area contributed by atoms with Gasteiger partial charge in [-0.2, -0.15) is 0 Å². The van der Waals surface area contributed by atoms with Gasteiger partial charge in [0.25, 0.3) is 0 Å². The summed E-state index contributed by atoms with van der Waals surface area (Å²) in [5.41, 5.74) is 0. The lowest BCUT2D eigenvalue weighted by Crippen LogP contribution is -2.38. The van der Waals surface area contributed by atoms with Crippen molar-refractivity contribution in [1.29, 1.82) is 0 Å². The third-order valence-electron chi connectivity index (χ3n) is 14.3. The molecule has 0 heterocycles. The van der Waals surface area contributed by atoms with Crippen LogP contribution >= 0.6 is 0 Å². The molecule has 0 spiro atoms. The highest BCUT2D eigenvalue weighted by Gasteiger charge is 2.20. The first-order valence-corrected chi connectivity index (χ1v) is 30.1. The van der Waals surface area contributed by atoms with Crippen LogP contribution in [-0.4, -0.2) is 87.3 Å². The van der Waals surface area contributed by atoms with Gasteiger partial charge < -0.3 is 19.1 Å². The number of nitrogens with zero attached hydrogens (tertiary/aromatic N) is 2. The van der Waals surface area contributed by atoms with Crippen LogP contribution in [0.2, 0.25) is 0 Å². The summed E-state index contributed by atoms with van der Waals surface area (Å²) in [6.07, 6.45) is 46.8. The normalized spacial score (nSPS) is 13.0. The van der Waals surface area contributed by atoms with E-state index in [1.165, 1.54) is 193 Å². The Morgan fingerprint density at radius 1 is 0.338 bits per heavy atom. The molecule has 0 aromatic carbocycles. The third kappa shape index (κ3) is 45.5. The van der Waals surface area contributed by atoms with Gasteiger partial charge in [-0.3, -0.25) is 19.3 Å². The number of hydrogen-bond donors (Lipinski definition) is 0. The molecule has 404 valence electrons. The molecule has 0 aromatic rings. The van der Waals surface area contributed by atoms with E-state index in [0.717, 1.165) is 71.0 Å². The summed E-state index contributed by atoms with van der Waals surface area (Å²) in [4.78, 5) is 43.2. The average molecular weight is 964 g/mol. The van der Waals surface area contributed by atoms with Crippen LogP contribution in [0.25, 0.3) is 0 Å². The minimum Gasteiger partial charge on any atom is -0.466 e. The van der Waals surface area contributed by atoms with Crippen LogP contribution in [0.3, 0.4) is 0 Å². The second kappa shape index (κ2) is 51.7. The predicted octanol–water partition coefficient (Wildman–Crippen LogP) is 17.2. The zero-order valence-corrected chi connectivity index (χ0v) is 46.8. The number of rotatable bonds is 54. The molecule has 68 heavy (non-hydrogen) atoms. The first kappa shape index (κ1) is 66.3. The number of unbranched alkanes of at least 4 members (excludes halogenated alkanes) is 24. The van der Waals surface area contributed by atoms with Gasteiger partial charge in [-0.25, -0.2) is 0 Å². The smallest absolute Gasteiger partial charge is 0.307 e. The summed E-state index contributed by atoms with van der Waals surface area (Å²) in [5.74, 6) is 0.993. The lowest BCUT2D eigenvalue weighted by atomic mass is 9.96. The summed E-state index contributed by atoms with van der Waals surface area (Å²) in [6.45, 7) is 15.9. The Hall–Kier alpha value is -1.67. The fourth-order valence-electron chi connectivity index (χ4n) is 9.71. The van der Waals surface area contributed by atoms with Crippen molar-refractivity contribution < 1.29 is 28.6 Å². The highest BCUT2D eigenvalue weighted by molar-refractivity contribution is 5.70. The van der Waals surface area contributed by atoms with Crippen LogP contribution in [0.15, 0.2) is 0 Å². The molecule has 0 saturated carbocycles. The fourth-order valence-corrected chi connectivity index (χ4v) is 9.71. The largest absolute Gasteiger partial charge is 0.466 e. The van der Waals surface area contributed by atoms with E-state index in [9.17, 15) is 14.4 Å². The van der Waals surface area contributed by atoms with Gasteiger partial charge >= 0.3 is 17.9 Å². The summed E-state index contributed by atoms with van der Waals surface area (Å²) in [7, 11) is 4.30. The van der Waals surface area contributed by atoms with E-state index >= 15 is 0 Å². The Balaban J connectivity index is 5.08. The van der Waals surface area contributed by atoms with Crippen molar-refractivity contribution in [3.05, 3.63) is 0 Å². The maximum absolute atomic E-state index is 13.0. The van der Waals surface area contributed by atoms with Gasteiger partial charge in [-0.05, 0) is 110 Å². The van der Waals surface area contributed by atoms with Gasteiger partial charge in [0.05, 0.1) is 26.2 Å². The van der Waals surface area contributed by atoms with Gasteiger partial charge in [0, 0.05) is 25.4 Å². The Morgan fingerprint density at radius 3 is 1.15 bits per heavy atom. The molecule has 0 aromatic heterocycles. The van der Waals surface area contributed by atoms with Gasteiger partial charge in [-0.1, -0.05) is 208 Å². The van der Waals surface area contributed by atoms with Crippen LogP contribution in [-0.2, 0) is 28.6 Å². The zero-order valence-electron chi connectivity index (χ0n) is 46.8. The van der Waals surface area contributed by atoms with Crippen molar-refractivity contribution >= 4 is 17.9 Å². The minimum atomic E-state index is -0.0409. The maximum Gasteiger partial charge on any atom is 0.307 e. The van der Waals surface area contributed by atoms with Crippen LogP contribution in [0.1, 0.15) is 298 Å². The van der Waals surface area contributed by atoms with Crippen LogP contribution in [0.4, 0.5) is 0 Å². The molecule has 0 aliphatic carbocycles. The number of carbonyl (C=O) groups is 3. The molecule has 0 N–H and O–H groups in total. The Morgan fingerprint density at radius 2 is 0.691 bits per heavy atom. The van der Waals surface area contributed by atoms with E-state index in [-0.39, 0.29) is 17.9 Å². The van der Waals surface area contributed by atoms with Crippen molar-refractivity contribution in [3.8, 4) is 0 Å². The van der Waals surface area contributed by atoms with Gasteiger partial charge in [0.1, 0.15) is 0 Å². The first-order chi connectivity index (χ1) is 33.2. The van der Waals surface area contributed by atoms with Gasteiger partial charge in [0.2, 0.25) is 0 Å². The molecule has 8 heteroatoms. The monoisotopic (exact) mass is 963 g/mol. The second-order valence-electron chi connectivity index (χ2n) is 21.3. The number of hydrogen-bond acceptors (Lipinski definition) is 8. The average Bonchev–Trinajstić information content (AvgIpc) is 3.33. The van der Waals surface area contributed by atoms with Crippen molar-refractivity contribution in [3.63, 3.8) is 0 Å². The fraction of sp³-hybridized carbons (Fsp3) is 0.950. The number of esters is 3. The molecule has 0 aliphatic rings. The summed E-state index contributed by atoms with van der Waals surface area (Å²) in [6, 6.07) is 0.478. The van der Waals surface area contributed by atoms with Crippen LogP contribution < -0.4 is 0 Å². The van der Waals surface area contributed by atoms with Crippen molar-refractivity contribution in [2.24, 2.45) is 11.8 Å². The SMILES string of the molecule is CCCCCCCCOC(=O)CCN(CCCCN(C)C)C(CCCCCCCCC(=O)OCC(CCCC)CCCCCC)CCCCCCCCC(=O)OCC(CCCC)CCCCCC. The predicted molar refractivity (Wildman–Crippen MR) is 291 cm³/mol. The van der Waals surface area contributed by atoms with E-state index in [0.29, 0.717) is 57.0 Å². The highest BCUT2D eigenvalue weighted by atomic mass is 16.5. The molecule has 0 saturated heterocycles. The van der Waals surface area contributed by atoms with E-state index < -0.39 is 0 Å².